The van der Waals surface area contributed by atoms with E-state index in [1.807, 2.05) is 11.4 Å². The monoisotopic (exact) mass is 494 g/mol. The summed E-state index contributed by atoms with van der Waals surface area (Å²) in [4.78, 5) is 17.4. The molecular formula is C21H23ClN4O4S2. The Bertz CT molecular complexity index is 1250. The Hall–Kier alpha value is -2.40. The number of halogens is 1. The van der Waals surface area contributed by atoms with Gasteiger partial charge in [-0.3, -0.25) is 10.1 Å². The first kappa shape index (κ1) is 22.8. The zero-order valence-corrected chi connectivity index (χ0v) is 20.1. The molecule has 1 aromatic carbocycles. The number of carbonyl (C=O) groups is 1. The van der Waals surface area contributed by atoms with Gasteiger partial charge >= 0.3 is 0 Å². The predicted molar refractivity (Wildman–Crippen MR) is 125 cm³/mol. The van der Waals surface area contributed by atoms with Crippen molar-refractivity contribution in [3.8, 4) is 17.0 Å². The van der Waals surface area contributed by atoms with Crippen LogP contribution in [-0.4, -0.2) is 48.4 Å². The van der Waals surface area contributed by atoms with Gasteiger partial charge in [0.25, 0.3) is 5.91 Å². The quantitative estimate of drug-likeness (QED) is 0.553. The largest absolute Gasteiger partial charge is 0.495 e. The number of aryl methyl sites for hydroxylation is 1. The Kier molecular flexibility index (Phi) is 6.57. The number of carbonyl (C=O) groups excluding carboxylic acids is 1. The van der Waals surface area contributed by atoms with Gasteiger partial charge in [-0.25, -0.2) is 13.4 Å². The lowest BCUT2D eigenvalue weighted by Gasteiger charge is -2.25. The number of anilines is 1. The van der Waals surface area contributed by atoms with Crippen molar-refractivity contribution in [2.24, 2.45) is 7.05 Å². The first-order chi connectivity index (χ1) is 15.3. The van der Waals surface area contributed by atoms with Crippen molar-refractivity contribution in [3.63, 3.8) is 0 Å². The molecule has 0 saturated carbocycles. The molecule has 170 valence electrons. The van der Waals surface area contributed by atoms with Gasteiger partial charge in [0.2, 0.25) is 10.0 Å². The normalized spacial score (nSPS) is 15.0. The molecule has 1 fully saturated rings. The summed E-state index contributed by atoms with van der Waals surface area (Å²) in [6.45, 7) is 1.02. The number of hydrogen-bond acceptors (Lipinski definition) is 6. The van der Waals surface area contributed by atoms with Crippen LogP contribution in [0, 0.1) is 0 Å². The van der Waals surface area contributed by atoms with Gasteiger partial charge in [0.1, 0.15) is 16.3 Å². The molecule has 1 saturated heterocycles. The highest BCUT2D eigenvalue weighted by Gasteiger charge is 2.28. The standard InChI is InChI=1S/C21H23ClN4O4S2/c1-25-12-15(32(28,29)26-8-4-3-5-9-26)11-18(25)20(27)24-21-23-17(13-31-21)14-6-7-19(30-2)16(22)10-14/h6-7,10-13H,3-5,8-9H2,1-2H3,(H,23,24,27). The van der Waals surface area contributed by atoms with E-state index in [0.717, 1.165) is 24.8 Å². The highest BCUT2D eigenvalue weighted by molar-refractivity contribution is 7.89. The van der Waals surface area contributed by atoms with Gasteiger partial charge in [0, 0.05) is 37.3 Å². The van der Waals surface area contributed by atoms with Gasteiger partial charge in [-0.05, 0) is 37.1 Å². The third-order valence-corrected chi connectivity index (χ3v) is 8.25. The fraction of sp³-hybridized carbons (Fsp3) is 0.333. The lowest BCUT2D eigenvalue weighted by Crippen LogP contribution is -2.35. The maximum atomic E-state index is 12.9. The maximum Gasteiger partial charge on any atom is 0.274 e. The van der Waals surface area contributed by atoms with E-state index in [9.17, 15) is 13.2 Å². The summed E-state index contributed by atoms with van der Waals surface area (Å²) in [6, 6.07) is 6.75. The van der Waals surface area contributed by atoms with E-state index < -0.39 is 15.9 Å². The van der Waals surface area contributed by atoms with Gasteiger partial charge in [0.05, 0.1) is 17.8 Å². The van der Waals surface area contributed by atoms with Crippen LogP contribution >= 0.6 is 22.9 Å². The van der Waals surface area contributed by atoms with Gasteiger partial charge in [-0.15, -0.1) is 11.3 Å². The maximum absolute atomic E-state index is 12.9. The minimum atomic E-state index is -3.62. The van der Waals surface area contributed by atoms with Crippen LogP contribution in [0.1, 0.15) is 29.8 Å². The molecule has 1 aliphatic rings. The van der Waals surface area contributed by atoms with E-state index in [2.05, 4.69) is 10.3 Å². The molecule has 0 bridgehead atoms. The Morgan fingerprint density at radius 3 is 2.66 bits per heavy atom. The molecule has 11 heteroatoms. The molecule has 0 radical (unpaired) electrons. The van der Waals surface area contributed by atoms with Crippen LogP contribution in [0.15, 0.2) is 40.7 Å². The average molecular weight is 495 g/mol. The van der Waals surface area contributed by atoms with Crippen LogP contribution in [0.4, 0.5) is 5.13 Å². The third-order valence-electron chi connectivity index (χ3n) is 5.34. The number of nitrogens with one attached hydrogen (secondary N) is 1. The molecule has 0 aliphatic carbocycles. The highest BCUT2D eigenvalue weighted by atomic mass is 35.5. The number of hydrogen-bond donors (Lipinski definition) is 1. The van der Waals surface area contributed by atoms with E-state index in [0.29, 0.717) is 34.7 Å². The fourth-order valence-corrected chi connectivity index (χ4v) is 6.17. The summed E-state index contributed by atoms with van der Waals surface area (Å²) in [5.74, 6) is 0.138. The SMILES string of the molecule is COc1ccc(-c2csc(NC(=O)c3cc(S(=O)(=O)N4CCCCC4)cn3C)n2)cc1Cl. The van der Waals surface area contributed by atoms with Crippen molar-refractivity contribution in [1.29, 1.82) is 0 Å². The van der Waals surface area contributed by atoms with Crippen LogP contribution < -0.4 is 10.1 Å². The molecule has 0 atom stereocenters. The summed E-state index contributed by atoms with van der Waals surface area (Å²) >= 11 is 7.46. The summed E-state index contributed by atoms with van der Waals surface area (Å²) in [6.07, 6.45) is 4.22. The number of nitrogens with zero attached hydrogens (tertiary/aromatic N) is 3. The van der Waals surface area contributed by atoms with Crippen molar-refractivity contribution < 1.29 is 17.9 Å². The van der Waals surface area contributed by atoms with E-state index in [-0.39, 0.29) is 10.6 Å². The molecule has 1 N–H and O–H groups in total. The smallest absolute Gasteiger partial charge is 0.274 e. The molecule has 32 heavy (non-hydrogen) atoms. The van der Waals surface area contributed by atoms with E-state index in [4.69, 9.17) is 16.3 Å². The Morgan fingerprint density at radius 2 is 1.97 bits per heavy atom. The molecule has 0 unspecified atom stereocenters. The van der Waals surface area contributed by atoms with Crippen LogP contribution in [-0.2, 0) is 17.1 Å². The molecule has 1 aliphatic heterocycles. The zero-order chi connectivity index (χ0) is 22.9. The minimum absolute atomic E-state index is 0.125. The molecule has 8 nitrogen and oxygen atoms in total. The fourth-order valence-electron chi connectivity index (χ4n) is 3.61. The van der Waals surface area contributed by atoms with Crippen LogP contribution in [0.2, 0.25) is 5.02 Å². The molecular weight excluding hydrogens is 472 g/mol. The number of benzene rings is 1. The van der Waals surface area contributed by atoms with Gasteiger partial charge in [0.15, 0.2) is 5.13 Å². The number of piperidine rings is 1. The van der Waals surface area contributed by atoms with E-state index in [1.54, 1.807) is 26.3 Å². The Morgan fingerprint density at radius 1 is 1.22 bits per heavy atom. The van der Waals surface area contributed by atoms with Crippen molar-refractivity contribution in [1.82, 2.24) is 13.9 Å². The summed E-state index contributed by atoms with van der Waals surface area (Å²) in [5, 5.41) is 5.43. The van der Waals surface area contributed by atoms with Crippen molar-refractivity contribution >= 4 is 44.0 Å². The lowest BCUT2D eigenvalue weighted by atomic mass is 10.2. The first-order valence-corrected chi connectivity index (χ1v) is 12.8. The molecule has 4 rings (SSSR count). The molecule has 0 spiro atoms. The number of rotatable bonds is 6. The van der Waals surface area contributed by atoms with E-state index in [1.165, 1.54) is 32.5 Å². The van der Waals surface area contributed by atoms with Gasteiger partial charge < -0.3 is 9.30 Å². The topological polar surface area (TPSA) is 93.5 Å². The summed E-state index contributed by atoms with van der Waals surface area (Å²) in [5.41, 5.74) is 1.70. The number of amides is 1. The number of thiazole rings is 1. The summed E-state index contributed by atoms with van der Waals surface area (Å²) < 4.78 is 34.0. The molecule has 1 amide bonds. The Balaban J connectivity index is 1.51. The Labute approximate surface area is 195 Å². The second kappa shape index (κ2) is 9.22. The van der Waals surface area contributed by atoms with Gasteiger partial charge in [-0.2, -0.15) is 4.31 Å². The highest BCUT2D eigenvalue weighted by Crippen LogP contribution is 2.32. The predicted octanol–water partition coefficient (Wildman–Crippen LogP) is 4.24. The second-order valence-corrected chi connectivity index (χ2v) is 10.7. The average Bonchev–Trinajstić information content (AvgIpc) is 3.41. The summed E-state index contributed by atoms with van der Waals surface area (Å²) in [7, 11) is -0.420. The van der Waals surface area contributed by atoms with Crippen LogP contribution in [0.3, 0.4) is 0 Å². The molecule has 3 heterocycles. The number of sulfonamides is 1. The lowest BCUT2D eigenvalue weighted by molar-refractivity contribution is 0.101. The van der Waals surface area contributed by atoms with Crippen molar-refractivity contribution in [2.75, 3.05) is 25.5 Å². The third kappa shape index (κ3) is 4.54. The number of methoxy groups -OCH3 is 1. The molecule has 3 aromatic rings. The molecule has 2 aromatic heterocycles. The van der Waals surface area contributed by atoms with Crippen LogP contribution in [0.5, 0.6) is 5.75 Å². The number of ether oxygens (including phenoxy) is 1. The number of aromatic nitrogens is 2. The second-order valence-electron chi connectivity index (χ2n) is 7.48. The van der Waals surface area contributed by atoms with Gasteiger partial charge in [-0.1, -0.05) is 18.0 Å². The van der Waals surface area contributed by atoms with Crippen molar-refractivity contribution in [2.45, 2.75) is 24.2 Å². The van der Waals surface area contributed by atoms with E-state index >= 15 is 0 Å². The van der Waals surface area contributed by atoms with Crippen molar-refractivity contribution in [3.05, 3.63) is 46.6 Å². The first-order valence-electron chi connectivity index (χ1n) is 10.1. The zero-order valence-electron chi connectivity index (χ0n) is 17.7. The van der Waals surface area contributed by atoms with Crippen LogP contribution in [0.25, 0.3) is 11.3 Å². The minimum Gasteiger partial charge on any atom is -0.495 e.